The summed E-state index contributed by atoms with van der Waals surface area (Å²) in [6.07, 6.45) is 0. The smallest absolute Gasteiger partial charge is 0.361 e. The van der Waals surface area contributed by atoms with Gasteiger partial charge >= 0.3 is 5.97 Å². The number of carbonyl (C=O) groups is 1. The van der Waals surface area contributed by atoms with Crippen LogP contribution in [-0.4, -0.2) is 28.0 Å². The van der Waals surface area contributed by atoms with Crippen LogP contribution in [0.1, 0.15) is 28.5 Å². The summed E-state index contributed by atoms with van der Waals surface area (Å²) in [5.74, 6) is -0.455. The SMILES string of the molecule is CCOC(=O)c1n[nH]nc1-c1c(C)cccc1C. The summed E-state index contributed by atoms with van der Waals surface area (Å²) in [7, 11) is 0. The van der Waals surface area contributed by atoms with Gasteiger partial charge in [0.05, 0.1) is 6.61 Å². The standard InChI is InChI=1S/C13H15N3O2/c1-4-18-13(17)12-11(14-16-15-12)10-8(2)6-5-7-9(10)3/h5-7H,4H2,1-3H3,(H,14,15,16). The summed E-state index contributed by atoms with van der Waals surface area (Å²) in [5.41, 5.74) is 3.80. The number of benzene rings is 1. The molecule has 1 aromatic carbocycles. The first-order chi connectivity index (χ1) is 8.65. The van der Waals surface area contributed by atoms with Crippen LogP contribution in [0.25, 0.3) is 11.3 Å². The van der Waals surface area contributed by atoms with Gasteiger partial charge in [0.25, 0.3) is 0 Å². The highest BCUT2D eigenvalue weighted by molar-refractivity contribution is 5.94. The van der Waals surface area contributed by atoms with Crippen LogP contribution in [0.4, 0.5) is 0 Å². The molecule has 0 aliphatic rings. The van der Waals surface area contributed by atoms with E-state index in [0.717, 1.165) is 16.7 Å². The summed E-state index contributed by atoms with van der Waals surface area (Å²) in [5, 5.41) is 10.4. The molecule has 5 heteroatoms. The largest absolute Gasteiger partial charge is 0.461 e. The Hall–Kier alpha value is -2.17. The number of aromatic amines is 1. The van der Waals surface area contributed by atoms with Crippen molar-refractivity contribution >= 4 is 5.97 Å². The Morgan fingerprint density at radius 3 is 2.56 bits per heavy atom. The second-order valence-corrected chi connectivity index (χ2v) is 4.01. The van der Waals surface area contributed by atoms with E-state index in [1.165, 1.54) is 0 Å². The molecule has 0 saturated carbocycles. The molecule has 0 saturated heterocycles. The molecule has 1 aromatic heterocycles. The summed E-state index contributed by atoms with van der Waals surface area (Å²) >= 11 is 0. The third kappa shape index (κ3) is 2.11. The normalized spacial score (nSPS) is 10.4. The van der Waals surface area contributed by atoms with E-state index in [9.17, 15) is 4.79 Å². The average Bonchev–Trinajstić information content (AvgIpc) is 2.78. The van der Waals surface area contributed by atoms with Crippen LogP contribution < -0.4 is 0 Å². The molecule has 0 fully saturated rings. The van der Waals surface area contributed by atoms with Crippen LogP contribution >= 0.6 is 0 Å². The second-order valence-electron chi connectivity index (χ2n) is 4.01. The lowest BCUT2D eigenvalue weighted by Crippen LogP contribution is -2.07. The fraction of sp³-hybridized carbons (Fsp3) is 0.308. The van der Waals surface area contributed by atoms with Crippen LogP contribution in [-0.2, 0) is 4.74 Å². The van der Waals surface area contributed by atoms with Crippen molar-refractivity contribution in [3.05, 3.63) is 35.0 Å². The van der Waals surface area contributed by atoms with Gasteiger partial charge in [-0.1, -0.05) is 18.2 Å². The summed E-state index contributed by atoms with van der Waals surface area (Å²) < 4.78 is 4.97. The second kappa shape index (κ2) is 5.00. The number of hydrogen-bond donors (Lipinski definition) is 1. The molecule has 2 rings (SSSR count). The Kier molecular flexibility index (Phi) is 3.41. The van der Waals surface area contributed by atoms with Crippen molar-refractivity contribution < 1.29 is 9.53 Å². The Balaban J connectivity index is 2.52. The van der Waals surface area contributed by atoms with Crippen LogP contribution in [0.15, 0.2) is 18.2 Å². The van der Waals surface area contributed by atoms with E-state index in [1.807, 2.05) is 32.0 Å². The summed E-state index contributed by atoms with van der Waals surface area (Å²) in [4.78, 5) is 11.8. The highest BCUT2D eigenvalue weighted by Gasteiger charge is 2.21. The van der Waals surface area contributed by atoms with Crippen molar-refractivity contribution in [1.82, 2.24) is 15.4 Å². The predicted octanol–water partition coefficient (Wildman–Crippen LogP) is 2.27. The molecule has 18 heavy (non-hydrogen) atoms. The van der Waals surface area contributed by atoms with Crippen molar-refractivity contribution in [2.45, 2.75) is 20.8 Å². The van der Waals surface area contributed by atoms with Crippen molar-refractivity contribution in [3.63, 3.8) is 0 Å². The van der Waals surface area contributed by atoms with Gasteiger partial charge in [-0.15, -0.1) is 5.10 Å². The molecule has 0 aliphatic carbocycles. The number of rotatable bonds is 3. The average molecular weight is 245 g/mol. The zero-order valence-electron chi connectivity index (χ0n) is 10.7. The number of nitrogens with zero attached hydrogens (tertiary/aromatic N) is 2. The molecular formula is C13H15N3O2. The van der Waals surface area contributed by atoms with E-state index in [1.54, 1.807) is 6.92 Å². The predicted molar refractivity (Wildman–Crippen MR) is 67.2 cm³/mol. The topological polar surface area (TPSA) is 67.9 Å². The first-order valence-electron chi connectivity index (χ1n) is 5.79. The molecule has 1 heterocycles. The summed E-state index contributed by atoms with van der Waals surface area (Å²) in [6.45, 7) is 6.03. The molecule has 0 aliphatic heterocycles. The minimum absolute atomic E-state index is 0.231. The van der Waals surface area contributed by atoms with E-state index in [0.29, 0.717) is 12.3 Å². The number of hydrogen-bond acceptors (Lipinski definition) is 4. The Morgan fingerprint density at radius 2 is 1.94 bits per heavy atom. The molecule has 5 nitrogen and oxygen atoms in total. The third-order valence-electron chi connectivity index (χ3n) is 2.73. The number of aryl methyl sites for hydroxylation is 2. The van der Waals surface area contributed by atoms with Crippen molar-refractivity contribution in [3.8, 4) is 11.3 Å². The fourth-order valence-corrected chi connectivity index (χ4v) is 1.93. The van der Waals surface area contributed by atoms with E-state index in [4.69, 9.17) is 4.74 Å². The first-order valence-corrected chi connectivity index (χ1v) is 5.79. The maximum absolute atomic E-state index is 11.8. The molecule has 0 atom stereocenters. The molecule has 0 spiro atoms. The number of H-pyrrole nitrogens is 1. The van der Waals surface area contributed by atoms with Gasteiger partial charge < -0.3 is 4.74 Å². The van der Waals surface area contributed by atoms with Crippen LogP contribution in [0.2, 0.25) is 0 Å². The van der Waals surface area contributed by atoms with Gasteiger partial charge in [-0.3, -0.25) is 0 Å². The van der Waals surface area contributed by atoms with Gasteiger partial charge in [-0.2, -0.15) is 10.3 Å². The Bertz CT molecular complexity index is 555. The fourth-order valence-electron chi connectivity index (χ4n) is 1.93. The lowest BCUT2D eigenvalue weighted by molar-refractivity contribution is 0.0520. The number of carbonyl (C=O) groups excluding carboxylic acids is 1. The molecule has 2 aromatic rings. The van der Waals surface area contributed by atoms with Crippen molar-refractivity contribution in [2.75, 3.05) is 6.61 Å². The number of nitrogens with one attached hydrogen (secondary N) is 1. The van der Waals surface area contributed by atoms with Gasteiger partial charge in [-0.05, 0) is 31.9 Å². The molecule has 0 bridgehead atoms. The Labute approximate surface area is 105 Å². The number of esters is 1. The van der Waals surface area contributed by atoms with Crippen LogP contribution in [0, 0.1) is 13.8 Å². The Morgan fingerprint density at radius 1 is 1.28 bits per heavy atom. The minimum Gasteiger partial charge on any atom is -0.461 e. The lowest BCUT2D eigenvalue weighted by Gasteiger charge is -2.07. The van der Waals surface area contributed by atoms with Gasteiger partial charge in [0.1, 0.15) is 5.69 Å². The number of aromatic nitrogens is 3. The zero-order valence-corrected chi connectivity index (χ0v) is 10.7. The maximum Gasteiger partial charge on any atom is 0.361 e. The number of ether oxygens (including phenoxy) is 1. The van der Waals surface area contributed by atoms with E-state index < -0.39 is 5.97 Å². The van der Waals surface area contributed by atoms with Gasteiger partial charge in [0, 0.05) is 5.56 Å². The highest BCUT2D eigenvalue weighted by atomic mass is 16.5. The quantitative estimate of drug-likeness (QED) is 0.842. The third-order valence-corrected chi connectivity index (χ3v) is 2.73. The van der Waals surface area contributed by atoms with Gasteiger partial charge in [-0.25, -0.2) is 4.79 Å². The van der Waals surface area contributed by atoms with E-state index in [2.05, 4.69) is 15.4 Å². The van der Waals surface area contributed by atoms with E-state index >= 15 is 0 Å². The summed E-state index contributed by atoms with van der Waals surface area (Å²) in [6, 6.07) is 5.93. The molecular weight excluding hydrogens is 230 g/mol. The molecule has 94 valence electrons. The van der Waals surface area contributed by atoms with Gasteiger partial charge in [0.15, 0.2) is 5.69 Å². The van der Waals surface area contributed by atoms with Crippen molar-refractivity contribution in [2.24, 2.45) is 0 Å². The maximum atomic E-state index is 11.8. The van der Waals surface area contributed by atoms with Gasteiger partial charge in [0.2, 0.25) is 0 Å². The zero-order chi connectivity index (χ0) is 13.1. The molecule has 0 amide bonds. The minimum atomic E-state index is -0.455. The monoisotopic (exact) mass is 245 g/mol. The highest BCUT2D eigenvalue weighted by Crippen LogP contribution is 2.27. The van der Waals surface area contributed by atoms with E-state index in [-0.39, 0.29) is 5.69 Å². The molecule has 0 unspecified atom stereocenters. The van der Waals surface area contributed by atoms with Crippen LogP contribution in [0.3, 0.4) is 0 Å². The molecule has 1 N–H and O–H groups in total. The molecule has 0 radical (unpaired) electrons. The van der Waals surface area contributed by atoms with Crippen LogP contribution in [0.5, 0.6) is 0 Å². The lowest BCUT2D eigenvalue weighted by atomic mass is 9.99. The first kappa shape index (κ1) is 12.3. The van der Waals surface area contributed by atoms with Crippen molar-refractivity contribution in [1.29, 1.82) is 0 Å².